The predicted octanol–water partition coefficient (Wildman–Crippen LogP) is 12.7. The number of hydrogen-bond donors (Lipinski definition) is 0. The van der Waals surface area contributed by atoms with Crippen LogP contribution >= 0.6 is 0 Å². The Morgan fingerprint density at radius 1 is 0.404 bits per heavy atom. The van der Waals surface area contributed by atoms with Crippen LogP contribution in [0.25, 0.3) is 71.6 Å². The van der Waals surface area contributed by atoms with E-state index in [1.54, 1.807) is 12.4 Å². The second kappa shape index (κ2) is 12.4. The highest BCUT2D eigenvalue weighted by Crippen LogP contribution is 2.43. The fourth-order valence-corrected chi connectivity index (χ4v) is 7.67. The summed E-state index contributed by atoms with van der Waals surface area (Å²) in [5.74, 6) is 0. The lowest BCUT2D eigenvalue weighted by atomic mass is 10.0. The Hall–Kier alpha value is -7.04. The third kappa shape index (κ3) is 5.00. The van der Waals surface area contributed by atoms with Gasteiger partial charge in [-0.2, -0.15) is 0 Å². The first-order valence-corrected chi connectivity index (χ1v) is 17.6. The molecule has 0 aliphatic heterocycles. The average Bonchev–Trinajstić information content (AvgIpc) is 3.56. The van der Waals surface area contributed by atoms with Crippen LogP contribution in [-0.2, 0) is 0 Å². The zero-order chi connectivity index (χ0) is 34.4. The molecule has 0 amide bonds. The molecule has 4 heteroatoms. The van der Waals surface area contributed by atoms with E-state index in [9.17, 15) is 0 Å². The molecule has 10 rings (SSSR count). The lowest BCUT2D eigenvalue weighted by Crippen LogP contribution is -2.10. The minimum absolute atomic E-state index is 0.855. The topological polar surface area (TPSA) is 34.0 Å². The molecule has 0 N–H and O–H groups in total. The Kier molecular flexibility index (Phi) is 7.10. The number of rotatable bonds is 6. The first-order chi connectivity index (χ1) is 25.8. The number of fused-ring (bicyclic) bond motifs is 6. The quantitative estimate of drug-likeness (QED) is 0.177. The molecule has 0 atom stereocenters. The highest BCUT2D eigenvalue weighted by Gasteiger charge is 2.21. The smallest absolute Gasteiger partial charge is 0.0908 e. The van der Waals surface area contributed by atoms with Gasteiger partial charge in [0.15, 0.2) is 0 Å². The van der Waals surface area contributed by atoms with Gasteiger partial charge in [-0.15, -0.1) is 0 Å². The van der Waals surface area contributed by atoms with Gasteiger partial charge in [-0.1, -0.05) is 127 Å². The van der Waals surface area contributed by atoms with E-state index in [4.69, 9.17) is 9.97 Å². The van der Waals surface area contributed by atoms with Gasteiger partial charge >= 0.3 is 0 Å². The monoisotopic (exact) mass is 664 g/mol. The molecule has 2 aromatic heterocycles. The van der Waals surface area contributed by atoms with Crippen molar-refractivity contribution in [2.75, 3.05) is 4.90 Å². The number of aromatic nitrogens is 3. The normalized spacial score (nSPS) is 11.5. The Morgan fingerprint density at radius 3 is 1.75 bits per heavy atom. The maximum absolute atomic E-state index is 4.77. The van der Waals surface area contributed by atoms with Gasteiger partial charge in [-0.25, -0.2) is 0 Å². The lowest BCUT2D eigenvalue weighted by Gasteiger charge is -2.26. The van der Waals surface area contributed by atoms with E-state index in [2.05, 4.69) is 191 Å². The van der Waals surface area contributed by atoms with Crippen molar-refractivity contribution in [3.63, 3.8) is 0 Å². The molecule has 0 unspecified atom stereocenters. The van der Waals surface area contributed by atoms with Crippen molar-refractivity contribution in [1.29, 1.82) is 0 Å². The van der Waals surface area contributed by atoms with Crippen LogP contribution in [0.1, 0.15) is 0 Å². The van der Waals surface area contributed by atoms with Crippen LogP contribution in [0.2, 0.25) is 0 Å². The molecule has 8 aromatic carbocycles. The van der Waals surface area contributed by atoms with Gasteiger partial charge in [0.1, 0.15) is 0 Å². The lowest BCUT2D eigenvalue weighted by molar-refractivity contribution is 1.17. The van der Waals surface area contributed by atoms with Crippen LogP contribution in [0, 0.1) is 0 Å². The fourth-order valence-electron chi connectivity index (χ4n) is 7.67. The summed E-state index contributed by atoms with van der Waals surface area (Å²) in [7, 11) is 0. The number of para-hydroxylation sites is 1. The summed E-state index contributed by atoms with van der Waals surface area (Å²) in [6.45, 7) is 0. The average molecular weight is 665 g/mol. The van der Waals surface area contributed by atoms with Crippen LogP contribution in [0.3, 0.4) is 0 Å². The predicted molar refractivity (Wildman–Crippen MR) is 217 cm³/mol. The van der Waals surface area contributed by atoms with Gasteiger partial charge in [0, 0.05) is 45.8 Å². The largest absolute Gasteiger partial charge is 0.310 e. The number of anilines is 3. The molecule has 0 aliphatic rings. The third-order valence-corrected chi connectivity index (χ3v) is 10.1. The van der Waals surface area contributed by atoms with Crippen molar-refractivity contribution in [3.8, 4) is 27.9 Å². The zero-order valence-corrected chi connectivity index (χ0v) is 28.3. The van der Waals surface area contributed by atoms with Gasteiger partial charge in [0.2, 0.25) is 0 Å². The third-order valence-electron chi connectivity index (χ3n) is 10.1. The number of nitrogens with zero attached hydrogens (tertiary/aromatic N) is 4. The molecule has 10 aromatic rings. The van der Waals surface area contributed by atoms with E-state index in [0.717, 1.165) is 55.9 Å². The van der Waals surface area contributed by atoms with Gasteiger partial charge in [-0.3, -0.25) is 9.97 Å². The van der Waals surface area contributed by atoms with E-state index in [1.807, 2.05) is 0 Å². The molecule has 244 valence electrons. The summed E-state index contributed by atoms with van der Waals surface area (Å²) in [5.41, 5.74) is 12.9. The highest BCUT2D eigenvalue weighted by molar-refractivity contribution is 6.22. The summed E-state index contributed by atoms with van der Waals surface area (Å²) in [4.78, 5) is 11.8. The second-order valence-corrected chi connectivity index (χ2v) is 13.1. The van der Waals surface area contributed by atoms with Crippen LogP contribution in [-0.4, -0.2) is 14.5 Å². The second-order valence-electron chi connectivity index (χ2n) is 13.1. The standard InChI is InChI=1S/C48H32N4/c1-4-12-33(13-5-1)34-20-23-38(24-21-34)51(37-17-8-3-9-18-37)39-25-26-41-46(30-39)52(45-27-22-36-16-10-11-19-40(36)48(41)45)47-32-44-43(49-28-29-50-44)31-42(47)35-14-6-2-7-15-35/h1-32H. The molecule has 0 saturated carbocycles. The van der Waals surface area contributed by atoms with Gasteiger partial charge in [0.05, 0.1) is 27.8 Å². The first kappa shape index (κ1) is 29.8. The highest BCUT2D eigenvalue weighted by atomic mass is 15.1. The maximum atomic E-state index is 4.77. The summed E-state index contributed by atoms with van der Waals surface area (Å²) in [6, 6.07) is 65.1. The van der Waals surface area contributed by atoms with Gasteiger partial charge in [0.25, 0.3) is 0 Å². The van der Waals surface area contributed by atoms with E-state index >= 15 is 0 Å². The van der Waals surface area contributed by atoms with Crippen molar-refractivity contribution < 1.29 is 0 Å². The molecule has 0 saturated heterocycles. The van der Waals surface area contributed by atoms with Crippen molar-refractivity contribution in [2.45, 2.75) is 0 Å². The number of hydrogen-bond acceptors (Lipinski definition) is 3. The molecular weight excluding hydrogens is 633 g/mol. The van der Waals surface area contributed by atoms with Crippen LogP contribution in [0.15, 0.2) is 194 Å². The number of benzene rings is 8. The molecule has 0 radical (unpaired) electrons. The Morgan fingerprint density at radius 2 is 1.00 bits per heavy atom. The molecule has 0 aliphatic carbocycles. The Balaban J connectivity index is 1.27. The summed E-state index contributed by atoms with van der Waals surface area (Å²) in [6.07, 6.45) is 3.53. The van der Waals surface area contributed by atoms with E-state index in [-0.39, 0.29) is 0 Å². The molecule has 52 heavy (non-hydrogen) atoms. The fraction of sp³-hybridized carbons (Fsp3) is 0. The molecule has 2 heterocycles. The SMILES string of the molecule is c1ccc(-c2ccc(N(c3ccccc3)c3ccc4c5c6ccccc6ccc5n(-c5cc6nccnc6cc5-c5ccccc5)c4c3)cc2)cc1. The zero-order valence-electron chi connectivity index (χ0n) is 28.3. The first-order valence-electron chi connectivity index (χ1n) is 17.6. The summed E-state index contributed by atoms with van der Waals surface area (Å²) in [5, 5.41) is 4.88. The van der Waals surface area contributed by atoms with Crippen molar-refractivity contribution in [1.82, 2.24) is 14.5 Å². The van der Waals surface area contributed by atoms with E-state index < -0.39 is 0 Å². The minimum atomic E-state index is 0.855. The van der Waals surface area contributed by atoms with Crippen LogP contribution < -0.4 is 4.90 Å². The Bertz CT molecular complexity index is 2880. The maximum Gasteiger partial charge on any atom is 0.0908 e. The van der Waals surface area contributed by atoms with E-state index in [0.29, 0.717) is 0 Å². The van der Waals surface area contributed by atoms with Crippen LogP contribution in [0.5, 0.6) is 0 Å². The summed E-state index contributed by atoms with van der Waals surface area (Å²) >= 11 is 0. The van der Waals surface area contributed by atoms with Crippen molar-refractivity contribution in [3.05, 3.63) is 194 Å². The Labute approximate surface area is 301 Å². The molecule has 0 fully saturated rings. The molecular formula is C48H32N4. The van der Waals surface area contributed by atoms with Crippen LogP contribution in [0.4, 0.5) is 17.1 Å². The van der Waals surface area contributed by atoms with Gasteiger partial charge < -0.3 is 9.47 Å². The van der Waals surface area contributed by atoms with E-state index in [1.165, 1.54) is 32.7 Å². The molecule has 4 nitrogen and oxygen atoms in total. The van der Waals surface area contributed by atoms with Crippen molar-refractivity contribution >= 4 is 60.7 Å². The summed E-state index contributed by atoms with van der Waals surface area (Å²) < 4.78 is 2.43. The molecule has 0 bridgehead atoms. The molecule has 0 spiro atoms. The van der Waals surface area contributed by atoms with Crippen molar-refractivity contribution in [2.24, 2.45) is 0 Å². The minimum Gasteiger partial charge on any atom is -0.310 e. The van der Waals surface area contributed by atoms with Gasteiger partial charge in [-0.05, 0) is 82.1 Å².